The van der Waals surface area contributed by atoms with E-state index in [2.05, 4.69) is 29.1 Å². The highest BCUT2D eigenvalue weighted by Crippen LogP contribution is 2.29. The summed E-state index contributed by atoms with van der Waals surface area (Å²) in [4.78, 5) is 55.5. The maximum atomic E-state index is 12.5. The molecule has 1 aliphatic carbocycles. The number of likely N-dealkylation sites (tertiary alicyclic amines) is 1. The van der Waals surface area contributed by atoms with Crippen LogP contribution in [0, 0.1) is 17.3 Å². The Morgan fingerprint density at radius 1 is 1.10 bits per heavy atom. The zero-order valence-corrected chi connectivity index (χ0v) is 31.9. The molecular weight excluding hydrogens is 624 g/mol. The molecule has 11 nitrogen and oxygen atoms in total. The number of carbonyl (C=O) groups is 3. The van der Waals surface area contributed by atoms with Gasteiger partial charge in [-0.2, -0.15) is 0 Å². The van der Waals surface area contributed by atoms with Crippen molar-refractivity contribution in [1.82, 2.24) is 20.2 Å². The third kappa shape index (κ3) is 15.7. The number of aliphatic hydroxyl groups excluding tert-OH is 1. The van der Waals surface area contributed by atoms with Gasteiger partial charge in [-0.15, -0.1) is 0 Å². The zero-order chi connectivity index (χ0) is 37.6. The summed E-state index contributed by atoms with van der Waals surface area (Å²) in [6, 6.07) is 4.28. The number of benzene rings is 1. The quantitative estimate of drug-likeness (QED) is 0.148. The molecule has 1 aliphatic heterocycles. The van der Waals surface area contributed by atoms with Gasteiger partial charge in [-0.25, -0.2) is 9.78 Å². The number of aromatic amines is 1. The van der Waals surface area contributed by atoms with E-state index in [4.69, 9.17) is 14.9 Å². The highest BCUT2D eigenvalue weighted by atomic mass is 16.5. The number of ether oxygens (including phenoxy) is 1. The summed E-state index contributed by atoms with van der Waals surface area (Å²) in [6.07, 6.45) is 12.9. The summed E-state index contributed by atoms with van der Waals surface area (Å²) in [5.74, 6) is 1.49. The van der Waals surface area contributed by atoms with Crippen LogP contribution in [0.25, 0.3) is 11.0 Å². The Bertz CT molecular complexity index is 1290. The van der Waals surface area contributed by atoms with Gasteiger partial charge < -0.3 is 34.9 Å². The van der Waals surface area contributed by atoms with Crippen LogP contribution in [0.3, 0.4) is 0 Å². The number of aromatic nitrogens is 2. The van der Waals surface area contributed by atoms with Gasteiger partial charge in [0.1, 0.15) is 23.8 Å². The molecule has 2 fully saturated rings. The molecule has 0 spiro atoms. The standard InChI is InChI=1S/C19H26N2O2.C13H22N2O4.C3H8.C2H6.CH4O/c1-23-15-11-12-16-18(13-15)21-19(22)17(20-16)10-4-2-3-7-14-8-5-6-9-14;1-8-5-6-15(9(8)7-16)11(17)10(13(2,3)4)14-12(18)19;1-3-2;2*1-2/h11-14H,2-10H2,1H3,(H,21,22);7-10,14H,5-6H2,1-4H3,(H,18,19);3H2,1-2H3;1-2H3;2H,1H3/t;8?,9?,10-;;;/m.1.../s1. The molecule has 49 heavy (non-hydrogen) atoms. The number of hydrogen-bond acceptors (Lipinski definition) is 7. The monoisotopic (exact) mass is 690 g/mol. The van der Waals surface area contributed by atoms with E-state index in [1.807, 2.05) is 39.0 Å². The smallest absolute Gasteiger partial charge is 0.405 e. The van der Waals surface area contributed by atoms with E-state index in [1.165, 1.54) is 56.3 Å². The molecule has 11 heteroatoms. The Morgan fingerprint density at radius 2 is 1.71 bits per heavy atom. The lowest BCUT2D eigenvalue weighted by Gasteiger charge is -2.34. The number of carbonyl (C=O) groups excluding carboxylic acids is 2. The van der Waals surface area contributed by atoms with Crippen molar-refractivity contribution >= 4 is 29.3 Å². The Kier molecular flexibility index (Phi) is 22.9. The van der Waals surface area contributed by atoms with Crippen molar-refractivity contribution in [1.29, 1.82) is 0 Å². The highest BCUT2D eigenvalue weighted by Gasteiger charge is 2.41. The van der Waals surface area contributed by atoms with Gasteiger partial charge >= 0.3 is 6.09 Å². The average Bonchev–Trinajstić information content (AvgIpc) is 3.74. The molecule has 2 aromatic rings. The molecule has 1 aromatic heterocycles. The minimum Gasteiger partial charge on any atom is -0.497 e. The molecule has 4 rings (SSSR count). The van der Waals surface area contributed by atoms with Gasteiger partial charge in [-0.3, -0.25) is 9.59 Å². The van der Waals surface area contributed by atoms with Gasteiger partial charge in [-0.1, -0.05) is 107 Å². The molecule has 2 unspecified atom stereocenters. The Balaban J connectivity index is 0.000000807. The maximum Gasteiger partial charge on any atom is 0.405 e. The summed E-state index contributed by atoms with van der Waals surface area (Å²) in [5, 5.41) is 18.1. The number of aldehydes is 1. The average molecular weight is 691 g/mol. The van der Waals surface area contributed by atoms with Crippen molar-refractivity contribution in [3.63, 3.8) is 0 Å². The molecule has 3 atom stereocenters. The molecule has 0 bridgehead atoms. The van der Waals surface area contributed by atoms with E-state index in [0.29, 0.717) is 12.2 Å². The van der Waals surface area contributed by atoms with E-state index >= 15 is 0 Å². The fraction of sp³-hybridized carbons (Fsp3) is 0.711. The van der Waals surface area contributed by atoms with Gasteiger partial charge in [0.15, 0.2) is 0 Å². The number of hydrogen-bond donors (Lipinski definition) is 4. The first-order valence-corrected chi connectivity index (χ1v) is 18.1. The van der Waals surface area contributed by atoms with Crippen LogP contribution in [0.2, 0.25) is 0 Å². The second-order valence-corrected chi connectivity index (χ2v) is 13.5. The van der Waals surface area contributed by atoms with Crippen molar-refractivity contribution in [2.24, 2.45) is 17.3 Å². The van der Waals surface area contributed by atoms with Crippen LogP contribution in [0.4, 0.5) is 4.79 Å². The van der Waals surface area contributed by atoms with E-state index in [1.54, 1.807) is 27.9 Å². The minimum absolute atomic E-state index is 0.0680. The summed E-state index contributed by atoms with van der Waals surface area (Å²) in [5.41, 5.74) is 1.60. The lowest BCUT2D eigenvalue weighted by molar-refractivity contribution is -0.139. The molecule has 2 aliphatic rings. The Hall–Kier alpha value is -3.47. The second kappa shape index (κ2) is 24.6. The summed E-state index contributed by atoms with van der Waals surface area (Å²) in [7, 11) is 2.62. The Labute approximate surface area is 294 Å². The summed E-state index contributed by atoms with van der Waals surface area (Å²) in [6.45, 7) is 16.0. The predicted molar refractivity (Wildman–Crippen MR) is 198 cm³/mol. The van der Waals surface area contributed by atoms with Crippen LogP contribution in [-0.4, -0.2) is 76.2 Å². The third-order valence-electron chi connectivity index (χ3n) is 8.54. The van der Waals surface area contributed by atoms with Crippen molar-refractivity contribution in [3.05, 3.63) is 34.2 Å². The van der Waals surface area contributed by atoms with Crippen molar-refractivity contribution in [2.75, 3.05) is 20.8 Å². The molecule has 2 heterocycles. The highest BCUT2D eigenvalue weighted by molar-refractivity contribution is 5.88. The van der Waals surface area contributed by atoms with Gasteiger partial charge in [-0.05, 0) is 48.6 Å². The molecule has 2 amide bonds. The largest absolute Gasteiger partial charge is 0.497 e. The number of aryl methyl sites for hydroxylation is 1. The van der Waals surface area contributed by atoms with Crippen LogP contribution in [0.5, 0.6) is 5.75 Å². The van der Waals surface area contributed by atoms with Crippen LogP contribution in [0.1, 0.15) is 125 Å². The lowest BCUT2D eigenvalue weighted by Crippen LogP contribution is -2.56. The van der Waals surface area contributed by atoms with E-state index in [9.17, 15) is 19.2 Å². The first kappa shape index (κ1) is 45.5. The molecule has 4 N–H and O–H groups in total. The second-order valence-electron chi connectivity index (χ2n) is 13.5. The van der Waals surface area contributed by atoms with E-state index < -0.39 is 23.6 Å². The fourth-order valence-electron chi connectivity index (χ4n) is 5.97. The molecular formula is C38H66N4O7. The number of nitrogens with one attached hydrogen (secondary N) is 2. The van der Waals surface area contributed by atoms with Crippen LogP contribution in [0.15, 0.2) is 23.0 Å². The van der Waals surface area contributed by atoms with E-state index in [-0.39, 0.29) is 17.4 Å². The number of H-pyrrole nitrogens is 1. The number of rotatable bonds is 10. The normalized spacial score (nSPS) is 17.5. The summed E-state index contributed by atoms with van der Waals surface area (Å²) < 4.78 is 5.18. The van der Waals surface area contributed by atoms with Gasteiger partial charge in [0.2, 0.25) is 5.91 Å². The molecule has 1 saturated carbocycles. The van der Waals surface area contributed by atoms with Crippen LogP contribution >= 0.6 is 0 Å². The van der Waals surface area contributed by atoms with E-state index in [0.717, 1.165) is 55.4 Å². The predicted octanol–water partition coefficient (Wildman–Crippen LogP) is 7.38. The van der Waals surface area contributed by atoms with Gasteiger partial charge in [0.25, 0.3) is 5.56 Å². The number of unbranched alkanes of at least 4 members (excludes halogenated alkanes) is 2. The minimum atomic E-state index is -1.23. The first-order valence-electron chi connectivity index (χ1n) is 18.1. The SMILES string of the molecule is CC.CC1CCN(C(=O)[C@@H](NC(=O)O)C(C)(C)C)C1C=O.CCC.CO.COc1ccc2nc(CCCCCC3CCCC3)c(=O)[nH]c2c1. The molecule has 0 radical (unpaired) electrons. The van der Waals surface area contributed by atoms with Crippen molar-refractivity contribution in [3.8, 4) is 5.75 Å². The van der Waals surface area contributed by atoms with Crippen LogP contribution in [-0.2, 0) is 16.0 Å². The number of nitrogens with zero attached hydrogens (tertiary/aromatic N) is 2. The number of aliphatic hydroxyl groups is 1. The lowest BCUT2D eigenvalue weighted by atomic mass is 9.85. The van der Waals surface area contributed by atoms with Gasteiger partial charge in [0, 0.05) is 19.7 Å². The molecule has 280 valence electrons. The molecule has 1 aromatic carbocycles. The number of methoxy groups -OCH3 is 1. The Morgan fingerprint density at radius 3 is 2.24 bits per heavy atom. The van der Waals surface area contributed by atoms with Crippen molar-refractivity contribution < 1.29 is 29.3 Å². The zero-order valence-electron chi connectivity index (χ0n) is 31.9. The first-order chi connectivity index (χ1) is 23.4. The third-order valence-corrected chi connectivity index (χ3v) is 8.54. The van der Waals surface area contributed by atoms with Gasteiger partial charge in [0.05, 0.1) is 24.2 Å². The molecule has 1 saturated heterocycles. The number of carboxylic acid groups (broad SMARTS) is 1. The number of amides is 2. The topological polar surface area (TPSA) is 162 Å². The van der Waals surface area contributed by atoms with Crippen molar-refractivity contribution in [2.45, 2.75) is 138 Å². The number of fused-ring (bicyclic) bond motifs is 1. The fourth-order valence-corrected chi connectivity index (χ4v) is 5.97. The van der Waals surface area contributed by atoms with Crippen LogP contribution < -0.4 is 15.6 Å². The summed E-state index contributed by atoms with van der Waals surface area (Å²) >= 11 is 0. The maximum absolute atomic E-state index is 12.5.